The Morgan fingerprint density at radius 3 is 2.38 bits per heavy atom. The van der Waals surface area contributed by atoms with Gasteiger partial charge in [-0.25, -0.2) is 0 Å². The van der Waals surface area contributed by atoms with E-state index in [9.17, 15) is 5.11 Å². The van der Waals surface area contributed by atoms with Crippen molar-refractivity contribution in [3.63, 3.8) is 0 Å². The highest BCUT2D eigenvalue weighted by atomic mass is 16.3. The fourth-order valence-corrected chi connectivity index (χ4v) is 2.53. The van der Waals surface area contributed by atoms with Gasteiger partial charge in [0, 0.05) is 12.1 Å². The van der Waals surface area contributed by atoms with E-state index in [4.69, 9.17) is 0 Å². The van der Waals surface area contributed by atoms with Crippen molar-refractivity contribution in [1.29, 1.82) is 0 Å². The Morgan fingerprint density at radius 2 is 1.88 bits per heavy atom. The third-order valence-electron chi connectivity index (χ3n) is 3.57. The molecule has 1 aliphatic heterocycles. The molecular formula is C14H21NO. The van der Waals surface area contributed by atoms with E-state index in [-0.39, 0.29) is 6.04 Å². The van der Waals surface area contributed by atoms with Gasteiger partial charge in [-0.3, -0.25) is 0 Å². The quantitative estimate of drug-likeness (QED) is 0.801. The zero-order valence-electron chi connectivity index (χ0n) is 10.3. The van der Waals surface area contributed by atoms with E-state index in [1.807, 2.05) is 19.9 Å². The monoisotopic (exact) mass is 219 g/mol. The van der Waals surface area contributed by atoms with Gasteiger partial charge in [-0.1, -0.05) is 37.3 Å². The summed E-state index contributed by atoms with van der Waals surface area (Å²) >= 11 is 0. The molecule has 0 amide bonds. The zero-order valence-corrected chi connectivity index (χ0v) is 10.3. The molecule has 0 saturated carbocycles. The summed E-state index contributed by atoms with van der Waals surface area (Å²) in [7, 11) is 0. The molecule has 0 radical (unpaired) electrons. The van der Waals surface area contributed by atoms with Gasteiger partial charge < -0.3 is 10.4 Å². The molecule has 0 aliphatic carbocycles. The van der Waals surface area contributed by atoms with Gasteiger partial charge in [0.25, 0.3) is 0 Å². The Hall–Kier alpha value is -0.860. The van der Waals surface area contributed by atoms with Crippen molar-refractivity contribution >= 4 is 0 Å². The van der Waals surface area contributed by atoms with Crippen LogP contribution in [0.3, 0.4) is 0 Å². The Balaban J connectivity index is 2.15. The van der Waals surface area contributed by atoms with Crippen LogP contribution < -0.4 is 5.32 Å². The van der Waals surface area contributed by atoms with Gasteiger partial charge in [0.05, 0.1) is 5.60 Å². The molecule has 1 aliphatic rings. The van der Waals surface area contributed by atoms with Crippen LogP contribution >= 0.6 is 0 Å². The van der Waals surface area contributed by atoms with Crippen molar-refractivity contribution in [2.75, 3.05) is 0 Å². The maximum atomic E-state index is 10.0. The molecule has 0 spiro atoms. The summed E-state index contributed by atoms with van der Waals surface area (Å²) in [5.41, 5.74) is 0.680. The highest BCUT2D eigenvalue weighted by molar-refractivity contribution is 5.21. The van der Waals surface area contributed by atoms with Crippen LogP contribution in [0.5, 0.6) is 0 Å². The number of hydrogen-bond donors (Lipinski definition) is 2. The molecule has 1 aromatic rings. The van der Waals surface area contributed by atoms with E-state index in [1.165, 1.54) is 5.56 Å². The SMILES string of the molecule is CC1CC(C(C)(C)O)NC1c1ccccc1. The van der Waals surface area contributed by atoms with Crippen LogP contribution in [0, 0.1) is 5.92 Å². The lowest BCUT2D eigenvalue weighted by molar-refractivity contribution is 0.0426. The number of nitrogens with one attached hydrogen (secondary N) is 1. The Morgan fingerprint density at radius 1 is 1.25 bits per heavy atom. The van der Waals surface area contributed by atoms with Crippen LogP contribution in [0.15, 0.2) is 30.3 Å². The lowest BCUT2D eigenvalue weighted by atomic mass is 9.92. The maximum Gasteiger partial charge on any atom is 0.0744 e. The molecule has 1 saturated heterocycles. The van der Waals surface area contributed by atoms with E-state index in [0.717, 1.165) is 6.42 Å². The maximum absolute atomic E-state index is 10.0. The molecule has 3 unspecified atom stereocenters. The fraction of sp³-hybridized carbons (Fsp3) is 0.571. The first-order chi connectivity index (χ1) is 7.48. The van der Waals surface area contributed by atoms with Crippen LogP contribution in [0.2, 0.25) is 0 Å². The largest absolute Gasteiger partial charge is 0.389 e. The van der Waals surface area contributed by atoms with Crippen LogP contribution in [0.25, 0.3) is 0 Å². The first-order valence-corrected chi connectivity index (χ1v) is 6.02. The number of hydrogen-bond acceptors (Lipinski definition) is 2. The van der Waals surface area contributed by atoms with E-state index in [2.05, 4.69) is 36.5 Å². The molecule has 3 atom stereocenters. The van der Waals surface area contributed by atoms with Crippen molar-refractivity contribution in [3.8, 4) is 0 Å². The smallest absolute Gasteiger partial charge is 0.0744 e. The molecule has 1 aromatic carbocycles. The van der Waals surface area contributed by atoms with E-state index in [0.29, 0.717) is 12.0 Å². The third kappa shape index (κ3) is 2.28. The second-order valence-corrected chi connectivity index (χ2v) is 5.47. The average molecular weight is 219 g/mol. The summed E-state index contributed by atoms with van der Waals surface area (Å²) in [5, 5.41) is 13.6. The Labute approximate surface area is 97.7 Å². The summed E-state index contributed by atoms with van der Waals surface area (Å²) in [6.07, 6.45) is 1.03. The minimum Gasteiger partial charge on any atom is -0.389 e. The first-order valence-electron chi connectivity index (χ1n) is 6.02. The lowest BCUT2D eigenvalue weighted by Gasteiger charge is -2.26. The van der Waals surface area contributed by atoms with Gasteiger partial charge in [0.2, 0.25) is 0 Å². The molecule has 0 bridgehead atoms. The predicted molar refractivity (Wildman–Crippen MR) is 66.2 cm³/mol. The lowest BCUT2D eigenvalue weighted by Crippen LogP contribution is -2.43. The standard InChI is InChI=1S/C14H21NO/c1-10-9-12(14(2,3)16)15-13(10)11-7-5-4-6-8-11/h4-8,10,12-13,15-16H,9H2,1-3H3. The van der Waals surface area contributed by atoms with Gasteiger partial charge in [-0.15, -0.1) is 0 Å². The van der Waals surface area contributed by atoms with Crippen molar-refractivity contribution in [2.45, 2.75) is 44.9 Å². The second kappa shape index (κ2) is 4.19. The molecule has 88 valence electrons. The molecule has 16 heavy (non-hydrogen) atoms. The summed E-state index contributed by atoms with van der Waals surface area (Å²) in [6, 6.07) is 11.0. The third-order valence-corrected chi connectivity index (χ3v) is 3.57. The number of rotatable bonds is 2. The van der Waals surface area contributed by atoms with E-state index < -0.39 is 5.60 Å². The van der Waals surface area contributed by atoms with Crippen molar-refractivity contribution < 1.29 is 5.11 Å². The van der Waals surface area contributed by atoms with Gasteiger partial charge >= 0.3 is 0 Å². The molecule has 0 aromatic heterocycles. The topological polar surface area (TPSA) is 32.3 Å². The zero-order chi connectivity index (χ0) is 11.8. The van der Waals surface area contributed by atoms with Crippen LogP contribution in [-0.4, -0.2) is 16.7 Å². The van der Waals surface area contributed by atoms with E-state index >= 15 is 0 Å². The van der Waals surface area contributed by atoms with Crippen molar-refractivity contribution in [3.05, 3.63) is 35.9 Å². The van der Waals surface area contributed by atoms with Crippen LogP contribution in [0.1, 0.15) is 38.8 Å². The summed E-state index contributed by atoms with van der Waals surface area (Å²) in [4.78, 5) is 0. The molecule has 1 fully saturated rings. The second-order valence-electron chi connectivity index (χ2n) is 5.47. The molecular weight excluding hydrogens is 198 g/mol. The van der Waals surface area contributed by atoms with Gasteiger partial charge in [0.1, 0.15) is 0 Å². The highest BCUT2D eigenvalue weighted by Gasteiger charge is 2.38. The molecule has 1 heterocycles. The van der Waals surface area contributed by atoms with E-state index in [1.54, 1.807) is 0 Å². The predicted octanol–water partition coefficient (Wildman–Crippen LogP) is 2.50. The molecule has 2 rings (SSSR count). The fourth-order valence-electron chi connectivity index (χ4n) is 2.53. The number of benzene rings is 1. The highest BCUT2D eigenvalue weighted by Crippen LogP contribution is 2.35. The van der Waals surface area contributed by atoms with Crippen LogP contribution in [0.4, 0.5) is 0 Å². The molecule has 2 nitrogen and oxygen atoms in total. The van der Waals surface area contributed by atoms with Crippen molar-refractivity contribution in [2.24, 2.45) is 5.92 Å². The van der Waals surface area contributed by atoms with Gasteiger partial charge in [-0.05, 0) is 31.7 Å². The minimum absolute atomic E-state index is 0.188. The molecule has 2 heteroatoms. The van der Waals surface area contributed by atoms with Crippen LogP contribution in [-0.2, 0) is 0 Å². The van der Waals surface area contributed by atoms with Gasteiger partial charge in [0.15, 0.2) is 0 Å². The summed E-state index contributed by atoms with van der Waals surface area (Å²) < 4.78 is 0. The first kappa shape index (κ1) is 11.6. The minimum atomic E-state index is -0.641. The number of aliphatic hydroxyl groups is 1. The Bertz CT molecular complexity index is 342. The normalized spacial score (nSPS) is 30.6. The summed E-state index contributed by atoms with van der Waals surface area (Å²) in [5.74, 6) is 0.568. The summed E-state index contributed by atoms with van der Waals surface area (Å²) in [6.45, 7) is 6.01. The average Bonchev–Trinajstić information content (AvgIpc) is 2.61. The van der Waals surface area contributed by atoms with Crippen molar-refractivity contribution in [1.82, 2.24) is 5.32 Å². The Kier molecular flexibility index (Phi) is 3.04. The molecule has 2 N–H and O–H groups in total. The van der Waals surface area contributed by atoms with Gasteiger partial charge in [-0.2, -0.15) is 0 Å².